The molecule has 0 atom stereocenters. The fourth-order valence-electron chi connectivity index (χ4n) is 1.55. The zero-order valence-corrected chi connectivity index (χ0v) is 9.76. The fraction of sp³-hybridized carbons (Fsp3) is 0.500. The Balaban J connectivity index is 2.27. The van der Waals surface area contributed by atoms with Crippen molar-refractivity contribution in [2.45, 2.75) is 25.8 Å². The normalized spacial score (nSPS) is 10.4. The first-order chi connectivity index (χ1) is 8.24. The van der Waals surface area contributed by atoms with Crippen molar-refractivity contribution in [1.29, 1.82) is 0 Å². The molecule has 0 saturated heterocycles. The van der Waals surface area contributed by atoms with E-state index in [9.17, 15) is 10.1 Å². The summed E-state index contributed by atoms with van der Waals surface area (Å²) in [5, 5.41) is 22.4. The quantitative estimate of drug-likeness (QED) is 0.411. The Labute approximate surface area is 101 Å². The molecule has 0 spiro atoms. The summed E-state index contributed by atoms with van der Waals surface area (Å²) in [4.78, 5) is 10.2. The van der Waals surface area contributed by atoms with E-state index < -0.39 is 0 Å². The van der Waals surface area contributed by atoms with Gasteiger partial charge >= 0.3 is 0 Å². The lowest BCUT2D eigenvalue weighted by Gasteiger charge is -2.04. The van der Waals surface area contributed by atoms with Gasteiger partial charge in [-0.1, -0.05) is 12.1 Å². The van der Waals surface area contributed by atoms with Gasteiger partial charge in [0.2, 0.25) is 0 Å². The first kappa shape index (κ1) is 13.6. The first-order valence-corrected chi connectivity index (χ1v) is 5.79. The molecule has 0 aliphatic rings. The number of nitrogens with zero attached hydrogens (tertiary/aromatic N) is 1. The molecule has 2 N–H and O–H groups in total. The Morgan fingerprint density at radius 1 is 1.29 bits per heavy atom. The molecule has 94 valence electrons. The lowest BCUT2D eigenvalue weighted by atomic mass is 10.2. The second kappa shape index (κ2) is 7.76. The van der Waals surface area contributed by atoms with Crippen molar-refractivity contribution in [3.63, 3.8) is 0 Å². The zero-order chi connectivity index (χ0) is 12.5. The number of non-ortho nitro benzene ring substituents is 1. The summed E-state index contributed by atoms with van der Waals surface area (Å²) in [5.41, 5.74) is 1.05. The largest absolute Gasteiger partial charge is 0.396 e. The van der Waals surface area contributed by atoms with Crippen LogP contribution < -0.4 is 5.32 Å². The van der Waals surface area contributed by atoms with Crippen molar-refractivity contribution in [1.82, 2.24) is 5.32 Å². The van der Waals surface area contributed by atoms with E-state index in [1.165, 1.54) is 6.07 Å². The Hall–Kier alpha value is -1.46. The molecular formula is C12H18N2O3. The van der Waals surface area contributed by atoms with Gasteiger partial charge in [0, 0.05) is 25.3 Å². The van der Waals surface area contributed by atoms with Gasteiger partial charge in [0.1, 0.15) is 0 Å². The first-order valence-electron chi connectivity index (χ1n) is 5.79. The lowest BCUT2D eigenvalue weighted by Crippen LogP contribution is -2.14. The fourth-order valence-corrected chi connectivity index (χ4v) is 1.55. The molecule has 1 rings (SSSR count). The average Bonchev–Trinajstić information content (AvgIpc) is 2.34. The Kier molecular flexibility index (Phi) is 6.21. The number of unbranched alkanes of at least 4 members (excludes halogenated alkanes) is 2. The van der Waals surface area contributed by atoms with Crippen molar-refractivity contribution < 1.29 is 10.0 Å². The number of nitrogens with one attached hydrogen (secondary N) is 1. The number of nitro benzene ring substituents is 1. The Bertz CT molecular complexity index is 355. The molecule has 0 amide bonds. The van der Waals surface area contributed by atoms with Crippen LogP contribution in [0.25, 0.3) is 0 Å². The van der Waals surface area contributed by atoms with Crippen LogP contribution in [0.1, 0.15) is 24.8 Å². The van der Waals surface area contributed by atoms with E-state index in [0.717, 1.165) is 31.4 Å². The van der Waals surface area contributed by atoms with Crippen LogP contribution in [0.5, 0.6) is 0 Å². The van der Waals surface area contributed by atoms with Gasteiger partial charge in [0.15, 0.2) is 0 Å². The molecule has 5 nitrogen and oxygen atoms in total. The smallest absolute Gasteiger partial charge is 0.269 e. The molecule has 0 aliphatic carbocycles. The number of aliphatic hydroxyl groups is 1. The standard InChI is InChI=1S/C12H18N2O3/c15-8-3-1-2-7-13-10-11-5-4-6-12(9-11)14(16)17/h4-6,9,13,15H,1-3,7-8,10H2. The predicted molar refractivity (Wildman–Crippen MR) is 65.7 cm³/mol. The molecule has 0 fully saturated rings. The summed E-state index contributed by atoms with van der Waals surface area (Å²) < 4.78 is 0. The second-order valence-electron chi connectivity index (χ2n) is 3.89. The Morgan fingerprint density at radius 3 is 2.82 bits per heavy atom. The van der Waals surface area contributed by atoms with Crippen molar-refractivity contribution in [3.05, 3.63) is 39.9 Å². The van der Waals surface area contributed by atoms with Gasteiger partial charge in [0.25, 0.3) is 5.69 Å². The van der Waals surface area contributed by atoms with Crippen LogP contribution in [0.4, 0.5) is 5.69 Å². The summed E-state index contributed by atoms with van der Waals surface area (Å²) in [7, 11) is 0. The average molecular weight is 238 g/mol. The van der Waals surface area contributed by atoms with Gasteiger partial charge in [-0.3, -0.25) is 10.1 Å². The van der Waals surface area contributed by atoms with E-state index in [-0.39, 0.29) is 17.2 Å². The van der Waals surface area contributed by atoms with E-state index in [1.54, 1.807) is 12.1 Å². The van der Waals surface area contributed by atoms with Crippen LogP contribution in [0.2, 0.25) is 0 Å². The van der Waals surface area contributed by atoms with Gasteiger partial charge < -0.3 is 10.4 Å². The Morgan fingerprint density at radius 2 is 2.12 bits per heavy atom. The second-order valence-corrected chi connectivity index (χ2v) is 3.89. The topological polar surface area (TPSA) is 75.4 Å². The van der Waals surface area contributed by atoms with Gasteiger partial charge in [-0.05, 0) is 31.4 Å². The SMILES string of the molecule is O=[N+]([O-])c1cccc(CNCCCCCO)c1. The van der Waals surface area contributed by atoms with E-state index in [1.807, 2.05) is 6.07 Å². The number of aliphatic hydroxyl groups excluding tert-OH is 1. The highest BCUT2D eigenvalue weighted by Gasteiger charge is 2.04. The molecule has 1 aromatic rings. The molecule has 17 heavy (non-hydrogen) atoms. The van der Waals surface area contributed by atoms with Crippen molar-refractivity contribution in [2.75, 3.05) is 13.2 Å². The summed E-state index contributed by atoms with van der Waals surface area (Å²) in [6.45, 7) is 1.74. The minimum atomic E-state index is -0.384. The highest BCUT2D eigenvalue weighted by atomic mass is 16.6. The van der Waals surface area contributed by atoms with Gasteiger partial charge in [-0.2, -0.15) is 0 Å². The number of benzene rings is 1. The summed E-state index contributed by atoms with van der Waals surface area (Å²) in [6, 6.07) is 6.64. The monoisotopic (exact) mass is 238 g/mol. The molecule has 0 heterocycles. The van der Waals surface area contributed by atoms with Crippen LogP contribution in [0.15, 0.2) is 24.3 Å². The van der Waals surface area contributed by atoms with E-state index in [0.29, 0.717) is 6.54 Å². The van der Waals surface area contributed by atoms with Crippen LogP contribution in [0.3, 0.4) is 0 Å². The van der Waals surface area contributed by atoms with Gasteiger partial charge in [-0.15, -0.1) is 0 Å². The number of rotatable bonds is 8. The van der Waals surface area contributed by atoms with Crippen molar-refractivity contribution in [2.24, 2.45) is 0 Å². The summed E-state index contributed by atoms with van der Waals surface area (Å²) in [6.07, 6.45) is 2.84. The van der Waals surface area contributed by atoms with Crippen molar-refractivity contribution >= 4 is 5.69 Å². The van der Waals surface area contributed by atoms with Crippen LogP contribution in [-0.4, -0.2) is 23.2 Å². The molecule has 5 heteroatoms. The lowest BCUT2D eigenvalue weighted by molar-refractivity contribution is -0.384. The minimum absolute atomic E-state index is 0.129. The zero-order valence-electron chi connectivity index (χ0n) is 9.76. The molecule has 0 bridgehead atoms. The summed E-state index contributed by atoms with van der Waals surface area (Å²) >= 11 is 0. The third kappa shape index (κ3) is 5.42. The maximum absolute atomic E-state index is 10.6. The van der Waals surface area contributed by atoms with Gasteiger partial charge in [-0.25, -0.2) is 0 Å². The molecule has 1 aromatic carbocycles. The molecule has 0 radical (unpaired) electrons. The third-order valence-electron chi connectivity index (χ3n) is 2.46. The number of hydrogen-bond donors (Lipinski definition) is 2. The van der Waals surface area contributed by atoms with Crippen LogP contribution in [0, 0.1) is 10.1 Å². The molecular weight excluding hydrogens is 220 g/mol. The van der Waals surface area contributed by atoms with E-state index in [2.05, 4.69) is 5.32 Å². The summed E-state index contributed by atoms with van der Waals surface area (Å²) in [5.74, 6) is 0. The maximum atomic E-state index is 10.6. The van der Waals surface area contributed by atoms with Gasteiger partial charge in [0.05, 0.1) is 4.92 Å². The maximum Gasteiger partial charge on any atom is 0.269 e. The van der Waals surface area contributed by atoms with Crippen molar-refractivity contribution in [3.8, 4) is 0 Å². The van der Waals surface area contributed by atoms with Crippen LogP contribution in [-0.2, 0) is 6.54 Å². The van der Waals surface area contributed by atoms with Crippen LogP contribution >= 0.6 is 0 Å². The molecule has 0 unspecified atom stereocenters. The molecule has 0 aromatic heterocycles. The molecule has 0 saturated carbocycles. The van der Waals surface area contributed by atoms with E-state index >= 15 is 0 Å². The van der Waals surface area contributed by atoms with E-state index in [4.69, 9.17) is 5.11 Å². The number of hydrogen-bond acceptors (Lipinski definition) is 4. The molecule has 0 aliphatic heterocycles. The highest BCUT2D eigenvalue weighted by Crippen LogP contribution is 2.12. The highest BCUT2D eigenvalue weighted by molar-refractivity contribution is 5.34. The number of nitro groups is 1. The minimum Gasteiger partial charge on any atom is -0.396 e. The third-order valence-corrected chi connectivity index (χ3v) is 2.46. The predicted octanol–water partition coefficient (Wildman–Crippen LogP) is 1.85.